The van der Waals surface area contributed by atoms with Crippen LogP contribution in [0.5, 0.6) is 0 Å². The van der Waals surface area contributed by atoms with Gasteiger partial charge in [0.2, 0.25) is 0 Å². The van der Waals surface area contributed by atoms with Gasteiger partial charge in [-0.15, -0.1) is 0 Å². The molecule has 1 rings (SSSR count). The van der Waals surface area contributed by atoms with Crippen LogP contribution in [0.4, 0.5) is 0 Å². The highest BCUT2D eigenvalue weighted by Gasteiger charge is 2.29. The molecule has 1 fully saturated rings. The van der Waals surface area contributed by atoms with Gasteiger partial charge in [-0.25, -0.2) is 0 Å². The molecule has 68 heavy (non-hydrogen) atoms. The fourth-order valence-electron chi connectivity index (χ4n) is 9.80. The number of unbranched alkanes of at least 4 members (excludes halogenated alkanes) is 20. The number of esters is 2. The van der Waals surface area contributed by atoms with Gasteiger partial charge in [-0.3, -0.25) is 29.2 Å². The van der Waals surface area contributed by atoms with E-state index in [4.69, 9.17) is 9.47 Å². The number of ether oxygens (including phenoxy) is 2. The van der Waals surface area contributed by atoms with E-state index in [-0.39, 0.29) is 36.9 Å². The third kappa shape index (κ3) is 36.5. The Morgan fingerprint density at radius 1 is 0.441 bits per heavy atom. The molecule has 4 N–H and O–H groups in total. The number of aliphatic hydroxyl groups excluding tert-OH is 4. The van der Waals surface area contributed by atoms with Crippen LogP contribution in [-0.4, -0.2) is 167 Å². The van der Waals surface area contributed by atoms with Gasteiger partial charge in [0.1, 0.15) is 13.2 Å². The third-order valence-electron chi connectivity index (χ3n) is 14.2. The molecular weight excluding hydrogens is 857 g/mol. The van der Waals surface area contributed by atoms with Gasteiger partial charge in [0.15, 0.2) is 0 Å². The van der Waals surface area contributed by atoms with Gasteiger partial charge >= 0.3 is 11.9 Å². The molecule has 0 aliphatic carbocycles. The Balaban J connectivity index is 2.54. The first-order valence-electron chi connectivity index (χ1n) is 28.9. The largest absolute Gasteiger partial charge is 0.464 e. The predicted octanol–water partition coefficient (Wildman–Crippen LogP) is 10.3. The molecule has 12 nitrogen and oxygen atoms in total. The molecule has 6 unspecified atom stereocenters. The average Bonchev–Trinajstić information content (AvgIpc) is 3.30. The molecule has 0 bridgehead atoms. The highest BCUT2D eigenvalue weighted by atomic mass is 16.5. The highest BCUT2D eigenvalue weighted by molar-refractivity contribution is 5.69. The van der Waals surface area contributed by atoms with Crippen molar-refractivity contribution in [3.63, 3.8) is 0 Å². The van der Waals surface area contributed by atoms with Crippen LogP contribution >= 0.6 is 0 Å². The molecule has 0 aromatic rings. The summed E-state index contributed by atoms with van der Waals surface area (Å²) in [5, 5.41) is 43.6. The summed E-state index contributed by atoms with van der Waals surface area (Å²) in [5.74, 6) is -0.493. The summed E-state index contributed by atoms with van der Waals surface area (Å²) in [6, 6.07) is 0.493. The van der Waals surface area contributed by atoms with Gasteiger partial charge in [0, 0.05) is 77.5 Å². The summed E-state index contributed by atoms with van der Waals surface area (Å²) >= 11 is 0. The van der Waals surface area contributed by atoms with Crippen molar-refractivity contribution >= 4 is 11.9 Å². The molecule has 1 aliphatic rings. The number of carbonyl (C=O) groups is 2. The highest BCUT2D eigenvalue weighted by Crippen LogP contribution is 2.17. The van der Waals surface area contributed by atoms with E-state index in [1.165, 1.54) is 103 Å². The number of nitrogens with zero attached hydrogens (tertiary/aromatic N) is 4. The molecule has 404 valence electrons. The number of hydrogen-bond donors (Lipinski definition) is 4. The molecule has 1 heterocycles. The molecule has 0 aromatic heterocycles. The maximum atomic E-state index is 13.0. The Morgan fingerprint density at radius 2 is 0.691 bits per heavy atom. The number of aliphatic hydroxyl groups is 4. The molecular formula is C56H112N4O8. The van der Waals surface area contributed by atoms with E-state index in [1.54, 1.807) is 0 Å². The molecule has 6 atom stereocenters. The second kappa shape index (κ2) is 44.3. The quantitative estimate of drug-likeness (QED) is 0.0340. The zero-order chi connectivity index (χ0) is 50.0. The molecule has 0 amide bonds. The van der Waals surface area contributed by atoms with Crippen molar-refractivity contribution < 1.29 is 39.5 Å². The summed E-state index contributed by atoms with van der Waals surface area (Å²) < 4.78 is 11.5. The average molecular weight is 970 g/mol. The first-order valence-corrected chi connectivity index (χ1v) is 28.9. The normalized spacial score (nSPS) is 17.8. The molecule has 12 heteroatoms. The lowest BCUT2D eigenvalue weighted by Gasteiger charge is -2.44. The summed E-state index contributed by atoms with van der Waals surface area (Å²) in [4.78, 5) is 34.8. The summed E-state index contributed by atoms with van der Waals surface area (Å²) in [5.41, 5.74) is 0. The molecule has 0 spiro atoms. The Bertz CT molecular complexity index is 1020. The zero-order valence-corrected chi connectivity index (χ0v) is 45.4. The van der Waals surface area contributed by atoms with E-state index < -0.39 is 24.4 Å². The topological polar surface area (TPSA) is 146 Å². The molecule has 1 saturated heterocycles. The smallest absolute Gasteiger partial charge is 0.307 e. The van der Waals surface area contributed by atoms with E-state index in [2.05, 4.69) is 61.1 Å². The Morgan fingerprint density at radius 3 is 0.956 bits per heavy atom. The van der Waals surface area contributed by atoms with Crippen molar-refractivity contribution in [1.29, 1.82) is 0 Å². The second-order valence-corrected chi connectivity index (χ2v) is 21.0. The lowest BCUT2D eigenvalue weighted by atomic mass is 10.1. The standard InChI is InChI=1S/C56H112N4O8/c1-7-11-15-19-23-27-31-51(61)45-57(46-52(62)32-28-24-20-16-12-8-2)37-35-55(65)67-41-39-59-43-50(6)60(44-49(59)5)40-42-68-56(66)36-38-58(47-53(63)33-29-25-21-17-13-9-3)48-54(64)34-30-26-22-18-14-10-4/h49-54,61-64H,7-48H2,1-6H3. The lowest BCUT2D eigenvalue weighted by molar-refractivity contribution is -0.146. The van der Waals surface area contributed by atoms with Crippen molar-refractivity contribution in [1.82, 2.24) is 19.6 Å². The zero-order valence-electron chi connectivity index (χ0n) is 45.4. The fourth-order valence-corrected chi connectivity index (χ4v) is 9.80. The minimum absolute atomic E-state index is 0.229. The van der Waals surface area contributed by atoms with E-state index in [0.29, 0.717) is 65.6 Å². The minimum atomic E-state index is -0.473. The van der Waals surface area contributed by atoms with Crippen molar-refractivity contribution in [3.8, 4) is 0 Å². The number of hydrogen-bond acceptors (Lipinski definition) is 12. The lowest BCUT2D eigenvalue weighted by Crippen LogP contribution is -2.57. The number of piperazine rings is 1. The van der Waals surface area contributed by atoms with Crippen LogP contribution in [0.25, 0.3) is 0 Å². The van der Waals surface area contributed by atoms with E-state index in [9.17, 15) is 30.0 Å². The predicted molar refractivity (Wildman–Crippen MR) is 282 cm³/mol. The van der Waals surface area contributed by atoms with E-state index in [1.807, 2.05) is 0 Å². The van der Waals surface area contributed by atoms with Crippen LogP contribution < -0.4 is 0 Å². The SMILES string of the molecule is CCCCCCCCC(O)CN(CCC(=O)OCCN1CC(C)N(CCOC(=O)CCN(CC(O)CCCCCCCC)CC(O)CCCCCCCC)CC1C)CC(O)CCCCCCCC. The van der Waals surface area contributed by atoms with Crippen molar-refractivity contribution in [2.45, 2.75) is 271 Å². The van der Waals surface area contributed by atoms with E-state index >= 15 is 0 Å². The van der Waals surface area contributed by atoms with Gasteiger partial charge in [0.05, 0.1) is 37.3 Å². The molecule has 0 radical (unpaired) electrons. The maximum Gasteiger partial charge on any atom is 0.307 e. The van der Waals surface area contributed by atoms with Gasteiger partial charge in [0.25, 0.3) is 0 Å². The maximum absolute atomic E-state index is 13.0. The second-order valence-electron chi connectivity index (χ2n) is 21.0. The Labute approximate surface area is 419 Å². The first-order chi connectivity index (χ1) is 32.9. The van der Waals surface area contributed by atoms with Crippen LogP contribution in [0.1, 0.15) is 234 Å². The van der Waals surface area contributed by atoms with E-state index in [0.717, 1.165) is 90.1 Å². The molecule has 0 saturated carbocycles. The van der Waals surface area contributed by atoms with Crippen molar-refractivity contribution in [2.75, 3.05) is 78.7 Å². The third-order valence-corrected chi connectivity index (χ3v) is 14.2. The minimum Gasteiger partial charge on any atom is -0.464 e. The Kier molecular flexibility index (Phi) is 42.1. The van der Waals surface area contributed by atoms with Crippen molar-refractivity contribution in [2.24, 2.45) is 0 Å². The van der Waals surface area contributed by atoms with Crippen LogP contribution in [-0.2, 0) is 19.1 Å². The summed E-state index contributed by atoms with van der Waals surface area (Å²) in [7, 11) is 0. The van der Waals surface area contributed by atoms with Gasteiger partial charge in [-0.2, -0.15) is 0 Å². The monoisotopic (exact) mass is 969 g/mol. The van der Waals surface area contributed by atoms with Gasteiger partial charge in [-0.1, -0.05) is 182 Å². The van der Waals surface area contributed by atoms with Gasteiger partial charge in [-0.05, 0) is 39.5 Å². The molecule has 0 aromatic carbocycles. The van der Waals surface area contributed by atoms with Crippen LogP contribution in [0.15, 0.2) is 0 Å². The first kappa shape index (κ1) is 64.6. The number of carbonyl (C=O) groups excluding carboxylic acids is 2. The summed E-state index contributed by atoms with van der Waals surface area (Å²) in [6.07, 6.45) is 29.8. The van der Waals surface area contributed by atoms with Crippen LogP contribution in [0, 0.1) is 0 Å². The molecule has 1 aliphatic heterocycles. The van der Waals surface area contributed by atoms with Crippen LogP contribution in [0.2, 0.25) is 0 Å². The number of rotatable bonds is 48. The summed E-state index contributed by atoms with van der Waals surface area (Å²) in [6.45, 7) is 19.6. The fraction of sp³-hybridized carbons (Fsp3) is 0.964. The van der Waals surface area contributed by atoms with Crippen molar-refractivity contribution in [3.05, 3.63) is 0 Å². The van der Waals surface area contributed by atoms with Gasteiger partial charge < -0.3 is 29.9 Å². The van der Waals surface area contributed by atoms with Crippen LogP contribution in [0.3, 0.4) is 0 Å². The Hall–Kier alpha value is -1.38.